The summed E-state index contributed by atoms with van der Waals surface area (Å²) in [5, 5.41) is 4.55. The molecule has 18 heavy (non-hydrogen) atoms. The average Bonchev–Trinajstić information content (AvgIpc) is 2.50. The fourth-order valence-corrected chi connectivity index (χ4v) is 2.96. The second kappa shape index (κ2) is 6.08. The fourth-order valence-electron chi connectivity index (χ4n) is 2.76. The summed E-state index contributed by atoms with van der Waals surface area (Å²) in [6, 6.07) is 8.77. The quantitative estimate of drug-likeness (QED) is 0.775. The summed E-state index contributed by atoms with van der Waals surface area (Å²) in [7, 11) is 0. The maximum Gasteiger partial charge on any atom is 0.0450 e. The Morgan fingerprint density at radius 2 is 2.00 bits per heavy atom. The zero-order chi connectivity index (χ0) is 13.0. The Balaban J connectivity index is 1.85. The lowest BCUT2D eigenvalue weighted by molar-refractivity contribution is 0.309. The number of rotatable bonds is 3. The van der Waals surface area contributed by atoms with Gasteiger partial charge in [0.05, 0.1) is 0 Å². The van der Waals surface area contributed by atoms with Gasteiger partial charge in [0, 0.05) is 17.6 Å². The summed E-state index contributed by atoms with van der Waals surface area (Å²) in [5.41, 5.74) is 1.74. The molecule has 0 bridgehead atoms. The molecule has 1 aliphatic rings. The first-order chi connectivity index (χ1) is 8.57. The summed E-state index contributed by atoms with van der Waals surface area (Å²) < 4.78 is 0. The lowest BCUT2D eigenvalue weighted by atomic mass is 9.85. The molecule has 0 radical (unpaired) electrons. The second-order valence-corrected chi connectivity index (χ2v) is 6.67. The molecule has 1 aliphatic carbocycles. The first-order valence-corrected chi connectivity index (χ1v) is 7.41. The van der Waals surface area contributed by atoms with E-state index in [9.17, 15) is 0 Å². The molecule has 1 saturated carbocycles. The molecule has 1 unspecified atom stereocenters. The molecule has 1 nitrogen and oxygen atoms in total. The third-order valence-electron chi connectivity index (χ3n) is 4.11. The molecule has 1 aromatic carbocycles. The molecule has 1 atom stereocenters. The van der Waals surface area contributed by atoms with E-state index < -0.39 is 0 Å². The van der Waals surface area contributed by atoms with Crippen LogP contribution in [0.2, 0.25) is 5.02 Å². The van der Waals surface area contributed by atoms with Crippen LogP contribution >= 0.6 is 11.6 Å². The zero-order valence-electron chi connectivity index (χ0n) is 11.5. The highest BCUT2D eigenvalue weighted by Gasteiger charge is 2.23. The molecule has 0 heterocycles. The van der Waals surface area contributed by atoms with Crippen molar-refractivity contribution in [2.24, 2.45) is 5.41 Å². The Labute approximate surface area is 116 Å². The first kappa shape index (κ1) is 13.9. The molecular weight excluding hydrogens is 242 g/mol. The molecule has 0 aromatic heterocycles. The minimum Gasteiger partial charge on any atom is -0.310 e. The topological polar surface area (TPSA) is 12.0 Å². The van der Waals surface area contributed by atoms with Crippen LogP contribution in [0.3, 0.4) is 0 Å². The van der Waals surface area contributed by atoms with Crippen LogP contribution in [-0.4, -0.2) is 6.04 Å². The molecule has 0 saturated heterocycles. The van der Waals surface area contributed by atoms with Gasteiger partial charge in [0.1, 0.15) is 0 Å². The molecule has 0 aliphatic heterocycles. The van der Waals surface area contributed by atoms with Crippen LogP contribution in [0.1, 0.15) is 51.5 Å². The highest BCUT2D eigenvalue weighted by molar-refractivity contribution is 6.31. The van der Waals surface area contributed by atoms with Gasteiger partial charge in [0.15, 0.2) is 0 Å². The van der Waals surface area contributed by atoms with Crippen molar-refractivity contribution in [2.75, 3.05) is 0 Å². The molecule has 0 amide bonds. The van der Waals surface area contributed by atoms with E-state index in [1.807, 2.05) is 12.1 Å². The van der Waals surface area contributed by atoms with Crippen molar-refractivity contribution >= 4 is 11.6 Å². The predicted octanol–water partition coefficient (Wildman–Crippen LogP) is 4.79. The Hall–Kier alpha value is -0.530. The van der Waals surface area contributed by atoms with Crippen molar-refractivity contribution in [2.45, 2.75) is 58.5 Å². The maximum absolute atomic E-state index is 6.18. The van der Waals surface area contributed by atoms with Crippen molar-refractivity contribution in [1.82, 2.24) is 5.32 Å². The van der Waals surface area contributed by atoms with Crippen molar-refractivity contribution in [1.29, 1.82) is 0 Å². The van der Waals surface area contributed by atoms with E-state index in [0.717, 1.165) is 11.6 Å². The Morgan fingerprint density at radius 3 is 2.78 bits per heavy atom. The van der Waals surface area contributed by atoms with Crippen LogP contribution in [0, 0.1) is 5.41 Å². The normalized spacial score (nSPS) is 23.6. The van der Waals surface area contributed by atoms with E-state index in [2.05, 4.69) is 31.3 Å². The fraction of sp³-hybridized carbons (Fsp3) is 0.625. The molecule has 1 fully saturated rings. The van der Waals surface area contributed by atoms with E-state index in [0.29, 0.717) is 11.5 Å². The van der Waals surface area contributed by atoms with E-state index in [-0.39, 0.29) is 0 Å². The van der Waals surface area contributed by atoms with E-state index in [1.54, 1.807) is 0 Å². The van der Waals surface area contributed by atoms with Gasteiger partial charge in [0.2, 0.25) is 0 Å². The van der Waals surface area contributed by atoms with Gasteiger partial charge in [-0.2, -0.15) is 0 Å². The van der Waals surface area contributed by atoms with Crippen LogP contribution in [0.15, 0.2) is 24.3 Å². The van der Waals surface area contributed by atoms with Gasteiger partial charge >= 0.3 is 0 Å². The molecule has 2 rings (SSSR count). The summed E-state index contributed by atoms with van der Waals surface area (Å²) in [4.78, 5) is 0. The summed E-state index contributed by atoms with van der Waals surface area (Å²) >= 11 is 6.18. The highest BCUT2D eigenvalue weighted by atomic mass is 35.5. The molecule has 1 aromatic rings. The SMILES string of the molecule is CC1(C)CCCC(NCc2ccccc2Cl)CC1. The molecule has 1 N–H and O–H groups in total. The van der Waals surface area contributed by atoms with Gasteiger partial charge in [-0.05, 0) is 42.7 Å². The largest absolute Gasteiger partial charge is 0.310 e. The highest BCUT2D eigenvalue weighted by Crippen LogP contribution is 2.33. The maximum atomic E-state index is 6.18. The standard InChI is InChI=1S/C16H24ClN/c1-16(2)10-5-7-14(9-11-16)18-12-13-6-3-4-8-15(13)17/h3-4,6,8,14,18H,5,7,9-12H2,1-2H3. The Bertz CT molecular complexity index is 386. The third kappa shape index (κ3) is 4.00. The first-order valence-electron chi connectivity index (χ1n) is 7.04. The predicted molar refractivity (Wildman–Crippen MR) is 78.9 cm³/mol. The molecule has 2 heteroatoms. The zero-order valence-corrected chi connectivity index (χ0v) is 12.3. The van der Waals surface area contributed by atoms with Crippen LogP contribution in [0.25, 0.3) is 0 Å². The van der Waals surface area contributed by atoms with Gasteiger partial charge in [-0.3, -0.25) is 0 Å². The monoisotopic (exact) mass is 265 g/mol. The lowest BCUT2D eigenvalue weighted by Gasteiger charge is -2.22. The van der Waals surface area contributed by atoms with Crippen LogP contribution in [0.4, 0.5) is 0 Å². The lowest BCUT2D eigenvalue weighted by Crippen LogP contribution is -2.28. The van der Waals surface area contributed by atoms with E-state index in [1.165, 1.54) is 37.7 Å². The van der Waals surface area contributed by atoms with Crippen LogP contribution < -0.4 is 5.32 Å². The number of nitrogens with one attached hydrogen (secondary N) is 1. The van der Waals surface area contributed by atoms with Gasteiger partial charge in [0.25, 0.3) is 0 Å². The third-order valence-corrected chi connectivity index (χ3v) is 4.48. The number of hydrogen-bond acceptors (Lipinski definition) is 1. The van der Waals surface area contributed by atoms with Crippen molar-refractivity contribution < 1.29 is 0 Å². The van der Waals surface area contributed by atoms with Crippen molar-refractivity contribution in [3.63, 3.8) is 0 Å². The molecule has 0 spiro atoms. The Kier molecular flexibility index (Phi) is 4.69. The van der Waals surface area contributed by atoms with Crippen molar-refractivity contribution in [3.8, 4) is 0 Å². The van der Waals surface area contributed by atoms with Crippen molar-refractivity contribution in [3.05, 3.63) is 34.9 Å². The Morgan fingerprint density at radius 1 is 1.22 bits per heavy atom. The minimum absolute atomic E-state index is 0.529. The number of benzene rings is 1. The second-order valence-electron chi connectivity index (χ2n) is 6.26. The summed E-state index contributed by atoms with van der Waals surface area (Å²) in [6.45, 7) is 5.68. The van der Waals surface area contributed by atoms with Gasteiger partial charge in [-0.15, -0.1) is 0 Å². The van der Waals surface area contributed by atoms with E-state index in [4.69, 9.17) is 11.6 Å². The number of halogens is 1. The summed E-state index contributed by atoms with van der Waals surface area (Å²) in [5.74, 6) is 0. The van der Waals surface area contributed by atoms with Crippen LogP contribution in [-0.2, 0) is 6.54 Å². The smallest absolute Gasteiger partial charge is 0.0450 e. The number of hydrogen-bond donors (Lipinski definition) is 1. The van der Waals surface area contributed by atoms with Gasteiger partial charge in [-0.25, -0.2) is 0 Å². The summed E-state index contributed by atoms with van der Waals surface area (Å²) in [6.07, 6.45) is 6.61. The minimum atomic E-state index is 0.529. The van der Waals surface area contributed by atoms with E-state index >= 15 is 0 Å². The molecular formula is C16H24ClN. The molecule has 100 valence electrons. The van der Waals surface area contributed by atoms with Gasteiger partial charge < -0.3 is 5.32 Å². The van der Waals surface area contributed by atoms with Gasteiger partial charge in [-0.1, -0.05) is 50.1 Å². The van der Waals surface area contributed by atoms with Crippen LogP contribution in [0.5, 0.6) is 0 Å². The average molecular weight is 266 g/mol.